The monoisotopic (exact) mass is 280 g/mol. The number of nitrogens with zero attached hydrogens (tertiary/aromatic N) is 1. The Balaban J connectivity index is 1.72. The number of hydrogen-bond donors (Lipinski definition) is 3. The Morgan fingerprint density at radius 3 is 2.52 bits per heavy atom. The number of imidazole rings is 1. The fourth-order valence-electron chi connectivity index (χ4n) is 2.16. The molecule has 0 bridgehead atoms. The molecule has 0 amide bonds. The third-order valence-corrected chi connectivity index (χ3v) is 3.33. The Hall–Kier alpha value is -2.95. The van der Waals surface area contributed by atoms with Crippen molar-refractivity contribution in [2.45, 2.75) is 6.54 Å². The lowest BCUT2D eigenvalue weighted by Crippen LogP contribution is -2.13. The van der Waals surface area contributed by atoms with Crippen LogP contribution in [0.15, 0.2) is 65.7 Å². The summed E-state index contributed by atoms with van der Waals surface area (Å²) >= 11 is 0. The number of rotatable bonds is 4. The van der Waals surface area contributed by atoms with Crippen LogP contribution < -0.4 is 16.7 Å². The molecule has 0 fully saturated rings. The highest BCUT2D eigenvalue weighted by Crippen LogP contribution is 2.15. The molecule has 3 rings (SSSR count). The largest absolute Gasteiger partial charge is 0.398 e. The summed E-state index contributed by atoms with van der Waals surface area (Å²) in [4.78, 5) is 14.1. The molecule has 0 atom stereocenters. The van der Waals surface area contributed by atoms with E-state index in [9.17, 15) is 4.79 Å². The lowest BCUT2D eigenvalue weighted by atomic mass is 10.2. The van der Waals surface area contributed by atoms with Gasteiger partial charge in [-0.25, -0.2) is 4.79 Å². The molecular weight excluding hydrogens is 264 g/mol. The smallest absolute Gasteiger partial charge is 0.330 e. The van der Waals surface area contributed by atoms with Gasteiger partial charge in [-0.1, -0.05) is 18.2 Å². The van der Waals surface area contributed by atoms with Gasteiger partial charge in [0.25, 0.3) is 0 Å². The Labute approximate surface area is 122 Å². The molecule has 0 saturated carbocycles. The lowest BCUT2D eigenvalue weighted by molar-refractivity contribution is 0.987. The van der Waals surface area contributed by atoms with Crippen LogP contribution in [0.2, 0.25) is 0 Å². The Morgan fingerprint density at radius 2 is 1.86 bits per heavy atom. The Morgan fingerprint density at radius 1 is 1.10 bits per heavy atom. The summed E-state index contributed by atoms with van der Waals surface area (Å²) in [5, 5.41) is 3.31. The van der Waals surface area contributed by atoms with Gasteiger partial charge in [-0.05, 0) is 35.9 Å². The van der Waals surface area contributed by atoms with Crippen LogP contribution in [0.5, 0.6) is 0 Å². The molecular formula is C16H16N4O. The maximum absolute atomic E-state index is 11.5. The van der Waals surface area contributed by atoms with Gasteiger partial charge in [-0.2, -0.15) is 0 Å². The first kappa shape index (κ1) is 13.1. The van der Waals surface area contributed by atoms with Gasteiger partial charge in [0.05, 0.1) is 5.69 Å². The van der Waals surface area contributed by atoms with Crippen molar-refractivity contribution in [2.75, 3.05) is 11.1 Å². The predicted molar refractivity (Wildman–Crippen MR) is 84.6 cm³/mol. The first-order chi connectivity index (χ1) is 10.2. The van der Waals surface area contributed by atoms with Crippen molar-refractivity contribution in [2.24, 2.45) is 0 Å². The summed E-state index contributed by atoms with van der Waals surface area (Å²) in [5.41, 5.74) is 9.40. The molecule has 2 aromatic carbocycles. The number of para-hydroxylation sites is 1. The summed E-state index contributed by atoms with van der Waals surface area (Å²) in [6.45, 7) is 0.663. The van der Waals surface area contributed by atoms with Crippen LogP contribution in [0, 0.1) is 0 Å². The molecule has 0 aliphatic carbocycles. The van der Waals surface area contributed by atoms with Crippen LogP contribution in [0.3, 0.4) is 0 Å². The van der Waals surface area contributed by atoms with E-state index < -0.39 is 0 Å². The van der Waals surface area contributed by atoms with Crippen molar-refractivity contribution in [3.05, 3.63) is 77.0 Å². The van der Waals surface area contributed by atoms with Gasteiger partial charge in [-0.15, -0.1) is 0 Å². The van der Waals surface area contributed by atoms with Gasteiger partial charge < -0.3 is 16.0 Å². The molecule has 3 aromatic rings. The van der Waals surface area contributed by atoms with E-state index >= 15 is 0 Å². The number of hydrogen-bond acceptors (Lipinski definition) is 3. The maximum Gasteiger partial charge on any atom is 0.330 e. The average Bonchev–Trinajstić information content (AvgIpc) is 2.93. The molecule has 0 aliphatic rings. The van der Waals surface area contributed by atoms with Crippen LogP contribution in [0.1, 0.15) is 5.56 Å². The molecule has 0 aliphatic heterocycles. The predicted octanol–water partition coefficient (Wildman–Crippen LogP) is 2.36. The quantitative estimate of drug-likeness (QED) is 0.642. The summed E-state index contributed by atoms with van der Waals surface area (Å²) in [6, 6.07) is 15.4. The number of aromatic nitrogens is 2. The zero-order chi connectivity index (χ0) is 14.7. The van der Waals surface area contributed by atoms with Gasteiger partial charge in [0, 0.05) is 30.3 Å². The number of nitrogens with one attached hydrogen (secondary N) is 2. The number of nitrogens with two attached hydrogens (primary N) is 1. The van der Waals surface area contributed by atoms with Crippen molar-refractivity contribution in [3.63, 3.8) is 0 Å². The molecule has 1 aromatic heterocycles. The zero-order valence-electron chi connectivity index (χ0n) is 11.4. The van der Waals surface area contributed by atoms with E-state index in [1.165, 1.54) is 0 Å². The van der Waals surface area contributed by atoms with E-state index in [2.05, 4.69) is 10.3 Å². The first-order valence-electron chi connectivity index (χ1n) is 6.68. The maximum atomic E-state index is 11.5. The van der Waals surface area contributed by atoms with E-state index in [1.807, 2.05) is 48.5 Å². The van der Waals surface area contributed by atoms with Crippen LogP contribution in [0.25, 0.3) is 5.69 Å². The van der Waals surface area contributed by atoms with Crippen molar-refractivity contribution in [1.29, 1.82) is 0 Å². The van der Waals surface area contributed by atoms with E-state index in [0.29, 0.717) is 6.54 Å². The highest BCUT2D eigenvalue weighted by molar-refractivity contribution is 5.52. The third-order valence-electron chi connectivity index (χ3n) is 3.33. The van der Waals surface area contributed by atoms with E-state index in [-0.39, 0.29) is 5.69 Å². The first-order valence-corrected chi connectivity index (χ1v) is 6.68. The normalized spacial score (nSPS) is 10.5. The van der Waals surface area contributed by atoms with E-state index in [4.69, 9.17) is 5.73 Å². The molecule has 0 spiro atoms. The number of H-pyrrole nitrogens is 1. The second kappa shape index (κ2) is 5.58. The average molecular weight is 280 g/mol. The molecule has 0 radical (unpaired) electrons. The van der Waals surface area contributed by atoms with E-state index in [0.717, 1.165) is 22.6 Å². The van der Waals surface area contributed by atoms with E-state index in [1.54, 1.807) is 17.0 Å². The van der Waals surface area contributed by atoms with Gasteiger partial charge >= 0.3 is 5.69 Å². The molecule has 0 saturated heterocycles. The number of aromatic amines is 1. The minimum atomic E-state index is -0.146. The molecule has 5 heteroatoms. The highest BCUT2D eigenvalue weighted by atomic mass is 16.1. The molecule has 0 unspecified atom stereocenters. The summed E-state index contributed by atoms with van der Waals surface area (Å²) in [7, 11) is 0. The van der Waals surface area contributed by atoms with Crippen molar-refractivity contribution >= 4 is 11.4 Å². The summed E-state index contributed by atoms with van der Waals surface area (Å²) in [5.74, 6) is 0. The lowest BCUT2D eigenvalue weighted by Gasteiger charge is -2.09. The van der Waals surface area contributed by atoms with Gasteiger partial charge in [0.2, 0.25) is 0 Å². The number of anilines is 2. The zero-order valence-corrected chi connectivity index (χ0v) is 11.4. The third kappa shape index (κ3) is 2.81. The number of nitrogen functional groups attached to an aromatic ring is 1. The van der Waals surface area contributed by atoms with Gasteiger partial charge in [0.15, 0.2) is 0 Å². The highest BCUT2D eigenvalue weighted by Gasteiger charge is 2.01. The SMILES string of the molecule is Nc1ccccc1CNc1ccc(-n2cc[nH]c2=O)cc1. The fourth-order valence-corrected chi connectivity index (χ4v) is 2.16. The van der Waals surface area contributed by atoms with Crippen LogP contribution in [0.4, 0.5) is 11.4 Å². The molecule has 1 heterocycles. The summed E-state index contributed by atoms with van der Waals surface area (Å²) in [6.07, 6.45) is 3.32. The Kier molecular flexibility index (Phi) is 3.47. The minimum Gasteiger partial charge on any atom is -0.398 e. The summed E-state index contributed by atoms with van der Waals surface area (Å²) < 4.78 is 1.55. The molecule has 106 valence electrons. The topological polar surface area (TPSA) is 75.8 Å². The van der Waals surface area contributed by atoms with Gasteiger partial charge in [0.1, 0.15) is 0 Å². The Bertz CT molecular complexity index is 786. The minimum absolute atomic E-state index is 0.146. The second-order valence-corrected chi connectivity index (χ2v) is 4.73. The molecule has 5 nitrogen and oxygen atoms in total. The van der Waals surface area contributed by atoms with Crippen LogP contribution in [-0.4, -0.2) is 9.55 Å². The van der Waals surface area contributed by atoms with Gasteiger partial charge in [-0.3, -0.25) is 4.57 Å². The molecule has 21 heavy (non-hydrogen) atoms. The van der Waals surface area contributed by atoms with Crippen molar-refractivity contribution < 1.29 is 0 Å². The van der Waals surface area contributed by atoms with Crippen molar-refractivity contribution in [1.82, 2.24) is 9.55 Å². The van der Waals surface area contributed by atoms with Crippen LogP contribution in [-0.2, 0) is 6.54 Å². The number of benzene rings is 2. The fraction of sp³-hybridized carbons (Fsp3) is 0.0625. The van der Waals surface area contributed by atoms with Crippen molar-refractivity contribution in [3.8, 4) is 5.69 Å². The second-order valence-electron chi connectivity index (χ2n) is 4.73. The standard InChI is InChI=1S/C16H16N4O/c17-15-4-2-1-3-12(15)11-19-13-5-7-14(8-6-13)20-10-9-18-16(20)21/h1-10,19H,11,17H2,(H,18,21). The molecule has 4 N–H and O–H groups in total. The van der Waals surface area contributed by atoms with Crippen LogP contribution >= 0.6 is 0 Å².